The highest BCUT2D eigenvalue weighted by Gasteiger charge is 2.37. The number of anilines is 1. The first-order valence-electron chi connectivity index (χ1n) is 8.06. The Morgan fingerprint density at radius 3 is 1.90 bits per heavy atom. The van der Waals surface area contributed by atoms with Crippen molar-refractivity contribution in [1.82, 2.24) is 15.3 Å². The zero-order valence-electron chi connectivity index (χ0n) is 14.6. The van der Waals surface area contributed by atoms with Gasteiger partial charge in [-0.05, 0) is 36.4 Å². The number of nitrogens with zero attached hydrogens (tertiary/aromatic N) is 2. The third kappa shape index (κ3) is 4.82. The molecule has 0 saturated heterocycles. The van der Waals surface area contributed by atoms with Gasteiger partial charge in [0, 0.05) is 23.6 Å². The van der Waals surface area contributed by atoms with Gasteiger partial charge in [0.25, 0.3) is 5.91 Å². The maximum absolute atomic E-state index is 12.9. The van der Waals surface area contributed by atoms with Gasteiger partial charge >= 0.3 is 18.4 Å². The van der Waals surface area contributed by atoms with E-state index in [9.17, 15) is 35.9 Å². The van der Waals surface area contributed by atoms with Crippen molar-refractivity contribution in [3.05, 3.63) is 65.5 Å². The van der Waals surface area contributed by atoms with Crippen molar-refractivity contribution in [2.45, 2.75) is 12.4 Å². The highest BCUT2D eigenvalue weighted by atomic mass is 19.4. The summed E-state index contributed by atoms with van der Waals surface area (Å²) in [4.78, 5) is 32.1. The van der Waals surface area contributed by atoms with Gasteiger partial charge in [0.05, 0.1) is 22.2 Å². The first-order valence-corrected chi connectivity index (χ1v) is 8.06. The summed E-state index contributed by atoms with van der Waals surface area (Å²) in [6, 6.07) is 3.35. The van der Waals surface area contributed by atoms with E-state index in [4.69, 9.17) is 0 Å². The van der Waals surface area contributed by atoms with E-state index in [0.29, 0.717) is 23.2 Å². The Labute approximate surface area is 163 Å². The molecule has 3 amide bonds. The average Bonchev–Trinajstić information content (AvgIpc) is 2.65. The van der Waals surface area contributed by atoms with Crippen LogP contribution in [-0.2, 0) is 12.4 Å². The lowest BCUT2D eigenvalue weighted by Crippen LogP contribution is -2.34. The molecule has 0 unspecified atom stereocenters. The number of alkyl halides is 6. The maximum atomic E-state index is 12.9. The molecule has 6 nitrogen and oxygen atoms in total. The molecule has 0 aliphatic rings. The van der Waals surface area contributed by atoms with Gasteiger partial charge in [-0.3, -0.25) is 20.1 Å². The Bertz CT molecular complexity index is 1100. The molecule has 0 aliphatic heterocycles. The van der Waals surface area contributed by atoms with Crippen LogP contribution in [0.5, 0.6) is 0 Å². The fraction of sp³-hybridized carbons (Fsp3) is 0.111. The monoisotopic (exact) mass is 428 g/mol. The van der Waals surface area contributed by atoms with Crippen LogP contribution >= 0.6 is 0 Å². The number of carbonyl (C=O) groups is 2. The molecular weight excluding hydrogens is 418 g/mol. The predicted molar refractivity (Wildman–Crippen MR) is 92.5 cm³/mol. The van der Waals surface area contributed by atoms with E-state index in [1.165, 1.54) is 30.6 Å². The zero-order valence-corrected chi connectivity index (χ0v) is 14.6. The van der Waals surface area contributed by atoms with Gasteiger partial charge in [-0.15, -0.1) is 0 Å². The van der Waals surface area contributed by atoms with Gasteiger partial charge in [0.15, 0.2) is 0 Å². The van der Waals surface area contributed by atoms with Crippen LogP contribution in [0, 0.1) is 0 Å². The van der Waals surface area contributed by atoms with Crippen molar-refractivity contribution >= 4 is 28.7 Å². The highest BCUT2D eigenvalue weighted by Crippen LogP contribution is 2.37. The number of nitrogens with one attached hydrogen (secondary N) is 2. The molecule has 0 spiro atoms. The molecule has 0 radical (unpaired) electrons. The van der Waals surface area contributed by atoms with Crippen molar-refractivity contribution in [3.63, 3.8) is 0 Å². The predicted octanol–water partition coefficient (Wildman–Crippen LogP) is 4.63. The van der Waals surface area contributed by atoms with Crippen molar-refractivity contribution in [3.8, 4) is 0 Å². The van der Waals surface area contributed by atoms with Gasteiger partial charge < -0.3 is 5.32 Å². The number of fused-ring (bicyclic) bond motifs is 1. The lowest BCUT2D eigenvalue weighted by atomic mass is 10.1. The second-order valence-corrected chi connectivity index (χ2v) is 5.96. The molecule has 2 N–H and O–H groups in total. The van der Waals surface area contributed by atoms with E-state index in [0.717, 1.165) is 0 Å². The first kappa shape index (κ1) is 21.0. The van der Waals surface area contributed by atoms with E-state index in [1.54, 1.807) is 5.32 Å². The molecule has 3 rings (SSSR count). The molecule has 156 valence electrons. The molecule has 30 heavy (non-hydrogen) atoms. The molecule has 1 aromatic heterocycles. The molecule has 3 aromatic rings. The van der Waals surface area contributed by atoms with Crippen molar-refractivity contribution in [2.75, 3.05) is 5.32 Å². The summed E-state index contributed by atoms with van der Waals surface area (Å²) in [5.41, 5.74) is -3.19. The van der Waals surface area contributed by atoms with Crippen LogP contribution < -0.4 is 10.6 Å². The third-order valence-electron chi connectivity index (χ3n) is 3.80. The van der Waals surface area contributed by atoms with E-state index >= 15 is 0 Å². The molecule has 0 atom stereocenters. The van der Waals surface area contributed by atoms with Gasteiger partial charge in [-0.25, -0.2) is 4.79 Å². The van der Waals surface area contributed by atoms with Crippen molar-refractivity contribution in [1.29, 1.82) is 0 Å². The van der Waals surface area contributed by atoms with Crippen LogP contribution in [0.25, 0.3) is 11.0 Å². The molecule has 0 saturated carbocycles. The zero-order chi connectivity index (χ0) is 22.1. The Balaban J connectivity index is 1.80. The summed E-state index contributed by atoms with van der Waals surface area (Å²) in [6.45, 7) is 0. The van der Waals surface area contributed by atoms with Crippen LogP contribution in [0.2, 0.25) is 0 Å². The first-order chi connectivity index (χ1) is 13.9. The lowest BCUT2D eigenvalue weighted by Gasteiger charge is -2.15. The normalized spacial score (nSPS) is 11.9. The summed E-state index contributed by atoms with van der Waals surface area (Å²) in [5, 5.41) is 3.63. The van der Waals surface area contributed by atoms with Gasteiger partial charge in [-0.2, -0.15) is 26.3 Å². The van der Waals surface area contributed by atoms with Gasteiger partial charge in [-0.1, -0.05) is 0 Å². The maximum Gasteiger partial charge on any atom is 0.416 e. The van der Waals surface area contributed by atoms with Crippen LogP contribution in [0.15, 0.2) is 48.8 Å². The van der Waals surface area contributed by atoms with Crippen LogP contribution in [0.4, 0.5) is 36.8 Å². The summed E-state index contributed by atoms with van der Waals surface area (Å²) < 4.78 is 77.2. The van der Waals surface area contributed by atoms with E-state index in [2.05, 4.69) is 9.97 Å². The van der Waals surface area contributed by atoms with E-state index in [1.807, 2.05) is 5.32 Å². The molecule has 0 aliphatic carbocycles. The number of carbonyl (C=O) groups excluding carboxylic acids is 2. The summed E-state index contributed by atoms with van der Waals surface area (Å²) in [7, 11) is 0. The van der Waals surface area contributed by atoms with Crippen LogP contribution in [0.3, 0.4) is 0 Å². The van der Waals surface area contributed by atoms with E-state index in [-0.39, 0.29) is 11.6 Å². The van der Waals surface area contributed by atoms with Gasteiger partial charge in [0.2, 0.25) is 0 Å². The minimum Gasteiger partial charge on any atom is -0.308 e. The second-order valence-electron chi connectivity index (χ2n) is 5.96. The molecule has 12 heteroatoms. The fourth-order valence-electron chi connectivity index (χ4n) is 2.47. The lowest BCUT2D eigenvalue weighted by molar-refractivity contribution is -0.143. The summed E-state index contributed by atoms with van der Waals surface area (Å²) >= 11 is 0. The minimum absolute atomic E-state index is 0.0156. The number of rotatable bonds is 2. The van der Waals surface area contributed by atoms with Crippen LogP contribution in [-0.4, -0.2) is 21.9 Å². The Morgan fingerprint density at radius 2 is 1.33 bits per heavy atom. The molecule has 2 aromatic carbocycles. The topological polar surface area (TPSA) is 84.0 Å². The minimum atomic E-state index is -5.07. The smallest absolute Gasteiger partial charge is 0.308 e. The quantitative estimate of drug-likeness (QED) is 0.583. The SMILES string of the molecule is O=C(NC(=O)c1ccc2nccnc2c1)Nc1cc(C(F)(F)F)cc(C(F)(F)F)c1. The number of halogens is 6. The number of amides is 3. The molecular formula is C18H10F6N4O2. The number of hydrogen-bond donors (Lipinski definition) is 2. The van der Waals surface area contributed by atoms with Gasteiger partial charge in [0.1, 0.15) is 0 Å². The number of aromatic nitrogens is 2. The summed E-state index contributed by atoms with van der Waals surface area (Å²) in [5.74, 6) is -0.942. The largest absolute Gasteiger partial charge is 0.416 e. The molecule has 1 heterocycles. The number of benzene rings is 2. The van der Waals surface area contributed by atoms with Crippen molar-refractivity contribution < 1.29 is 35.9 Å². The highest BCUT2D eigenvalue weighted by molar-refractivity contribution is 6.08. The number of hydrogen-bond acceptors (Lipinski definition) is 4. The number of imide groups is 1. The van der Waals surface area contributed by atoms with Crippen LogP contribution in [0.1, 0.15) is 21.5 Å². The number of urea groups is 1. The fourth-order valence-corrected chi connectivity index (χ4v) is 2.47. The van der Waals surface area contributed by atoms with E-state index < -0.39 is 41.1 Å². The molecule has 0 fully saturated rings. The second kappa shape index (κ2) is 7.61. The Morgan fingerprint density at radius 1 is 0.767 bits per heavy atom. The summed E-state index contributed by atoms with van der Waals surface area (Å²) in [6.07, 6.45) is -7.34. The van der Waals surface area contributed by atoms with Crippen molar-refractivity contribution in [2.24, 2.45) is 0 Å². The average molecular weight is 428 g/mol. The Hall–Kier alpha value is -3.70. The molecule has 0 bridgehead atoms. The standard InChI is InChI=1S/C18H10F6N4O2/c19-17(20,21)10-6-11(18(22,23)24)8-12(7-10)27-16(30)28-15(29)9-1-2-13-14(5-9)26-4-3-25-13/h1-8H,(H2,27,28,29,30). The Kier molecular flexibility index (Phi) is 5.33. The third-order valence-corrected chi connectivity index (χ3v) is 3.80.